The first-order valence-corrected chi connectivity index (χ1v) is 6.21. The molecule has 1 N–H and O–H groups in total. The first-order valence-electron chi connectivity index (χ1n) is 6.21. The maximum atomic E-state index is 9.90. The van der Waals surface area contributed by atoms with Crippen LogP contribution in [0.15, 0.2) is 18.3 Å². The molecular formula is C15H21NO. The topological polar surface area (TPSA) is 25.2 Å². The number of aliphatic hydroxyl groups excluding tert-OH is 1. The number of fused-ring (bicyclic) bond motifs is 1. The number of hydrogen-bond donors (Lipinski definition) is 1. The number of hydrogen-bond acceptors (Lipinski definition) is 1. The van der Waals surface area contributed by atoms with Crippen LogP contribution in [-0.2, 0) is 0 Å². The summed E-state index contributed by atoms with van der Waals surface area (Å²) in [7, 11) is 0. The van der Waals surface area contributed by atoms with E-state index in [4.69, 9.17) is 0 Å². The van der Waals surface area contributed by atoms with E-state index in [1.807, 2.05) is 6.92 Å². The van der Waals surface area contributed by atoms with E-state index < -0.39 is 6.10 Å². The summed E-state index contributed by atoms with van der Waals surface area (Å²) in [5.41, 5.74) is 4.78. The van der Waals surface area contributed by atoms with Crippen LogP contribution in [0.2, 0.25) is 0 Å². The predicted octanol–water partition coefficient (Wildman–Crippen LogP) is 3.89. The van der Waals surface area contributed by atoms with Gasteiger partial charge in [0.25, 0.3) is 0 Å². The molecule has 1 aromatic carbocycles. The third-order valence-corrected chi connectivity index (χ3v) is 3.31. The molecule has 0 saturated carbocycles. The Morgan fingerprint density at radius 2 is 1.76 bits per heavy atom. The molecule has 0 amide bonds. The summed E-state index contributed by atoms with van der Waals surface area (Å²) in [5.74, 6) is 0. The highest BCUT2D eigenvalue weighted by atomic mass is 16.3. The molecular weight excluding hydrogens is 210 g/mol. The molecule has 2 rings (SSSR count). The third kappa shape index (κ3) is 1.98. The lowest BCUT2D eigenvalue weighted by Crippen LogP contribution is -1.98. The molecule has 2 aromatic rings. The number of nitrogens with zero attached hydrogens (tertiary/aromatic N) is 1. The summed E-state index contributed by atoms with van der Waals surface area (Å²) in [6.45, 7) is 10.4. The number of aliphatic hydroxyl groups is 1. The molecule has 2 nitrogen and oxygen atoms in total. The minimum Gasteiger partial charge on any atom is -0.389 e. The van der Waals surface area contributed by atoms with Crippen molar-refractivity contribution in [2.75, 3.05) is 0 Å². The second-order valence-corrected chi connectivity index (χ2v) is 5.24. The highest BCUT2D eigenvalue weighted by Gasteiger charge is 2.15. The third-order valence-electron chi connectivity index (χ3n) is 3.31. The van der Waals surface area contributed by atoms with Gasteiger partial charge in [-0.2, -0.15) is 0 Å². The zero-order chi connectivity index (χ0) is 12.7. The second kappa shape index (κ2) is 4.19. The van der Waals surface area contributed by atoms with Gasteiger partial charge in [0, 0.05) is 28.7 Å². The second-order valence-electron chi connectivity index (χ2n) is 5.24. The quantitative estimate of drug-likeness (QED) is 0.833. The van der Waals surface area contributed by atoms with Crippen LogP contribution in [0.25, 0.3) is 10.9 Å². The molecule has 0 spiro atoms. The summed E-state index contributed by atoms with van der Waals surface area (Å²) in [4.78, 5) is 0. The van der Waals surface area contributed by atoms with Gasteiger partial charge in [0.15, 0.2) is 0 Å². The van der Waals surface area contributed by atoms with E-state index in [-0.39, 0.29) is 0 Å². The molecule has 1 atom stereocenters. The zero-order valence-electron chi connectivity index (χ0n) is 11.3. The van der Waals surface area contributed by atoms with Gasteiger partial charge < -0.3 is 9.67 Å². The summed E-state index contributed by atoms with van der Waals surface area (Å²) < 4.78 is 2.25. The van der Waals surface area contributed by atoms with Crippen LogP contribution in [0.3, 0.4) is 0 Å². The summed E-state index contributed by atoms with van der Waals surface area (Å²) in [6, 6.07) is 4.79. The Bertz CT molecular complexity index is 550. The summed E-state index contributed by atoms with van der Waals surface area (Å²) in [5, 5.41) is 11.1. The number of rotatable bonds is 2. The zero-order valence-corrected chi connectivity index (χ0v) is 11.3. The maximum Gasteiger partial charge on any atom is 0.0782 e. The van der Waals surface area contributed by atoms with Crippen LogP contribution in [0.1, 0.15) is 49.6 Å². The minimum atomic E-state index is -0.418. The fraction of sp³-hybridized carbons (Fsp3) is 0.467. The van der Waals surface area contributed by atoms with Crippen molar-refractivity contribution in [2.45, 2.75) is 46.8 Å². The Hall–Kier alpha value is -1.28. The molecule has 0 aliphatic rings. The predicted molar refractivity (Wildman–Crippen MR) is 72.4 cm³/mol. The fourth-order valence-electron chi connectivity index (χ4n) is 2.55. The van der Waals surface area contributed by atoms with Gasteiger partial charge in [0.1, 0.15) is 0 Å². The van der Waals surface area contributed by atoms with Crippen molar-refractivity contribution in [3.8, 4) is 0 Å². The van der Waals surface area contributed by atoms with Gasteiger partial charge in [-0.15, -0.1) is 0 Å². The molecule has 0 aliphatic heterocycles. The monoisotopic (exact) mass is 231 g/mol. The minimum absolute atomic E-state index is 0.409. The Morgan fingerprint density at radius 1 is 1.12 bits per heavy atom. The molecule has 0 fully saturated rings. The summed E-state index contributed by atoms with van der Waals surface area (Å²) >= 11 is 0. The van der Waals surface area contributed by atoms with E-state index >= 15 is 0 Å². The number of aryl methyl sites for hydroxylation is 2. The van der Waals surface area contributed by atoms with Gasteiger partial charge in [-0.3, -0.25) is 0 Å². The molecule has 1 heterocycles. The van der Waals surface area contributed by atoms with Crippen LogP contribution >= 0.6 is 0 Å². The van der Waals surface area contributed by atoms with Crippen LogP contribution in [0.5, 0.6) is 0 Å². The van der Waals surface area contributed by atoms with Gasteiger partial charge in [0.05, 0.1) is 6.10 Å². The van der Waals surface area contributed by atoms with E-state index in [2.05, 4.69) is 50.6 Å². The van der Waals surface area contributed by atoms with Crippen molar-refractivity contribution >= 4 is 10.9 Å². The van der Waals surface area contributed by atoms with Crippen molar-refractivity contribution in [2.24, 2.45) is 0 Å². The SMILES string of the molecule is Cc1cc(C)c2c(C(C)O)cn(C(C)C)c2c1. The Balaban J connectivity index is 2.86. The molecule has 0 aliphatic carbocycles. The highest BCUT2D eigenvalue weighted by molar-refractivity contribution is 5.88. The lowest BCUT2D eigenvalue weighted by molar-refractivity contribution is 0.200. The molecule has 1 unspecified atom stereocenters. The van der Waals surface area contributed by atoms with Gasteiger partial charge in [0.2, 0.25) is 0 Å². The standard InChI is InChI=1S/C15H21NO/c1-9(2)16-8-13(12(5)17)15-11(4)6-10(3)7-14(15)16/h6-9,12,17H,1-5H3. The average molecular weight is 231 g/mol. The normalized spacial score (nSPS) is 13.6. The van der Waals surface area contributed by atoms with Gasteiger partial charge >= 0.3 is 0 Å². The van der Waals surface area contributed by atoms with Crippen LogP contribution < -0.4 is 0 Å². The van der Waals surface area contributed by atoms with E-state index in [9.17, 15) is 5.11 Å². The smallest absolute Gasteiger partial charge is 0.0782 e. The highest BCUT2D eigenvalue weighted by Crippen LogP contribution is 2.32. The van der Waals surface area contributed by atoms with E-state index in [0.717, 1.165) is 5.56 Å². The van der Waals surface area contributed by atoms with Crippen molar-refractivity contribution < 1.29 is 5.11 Å². The van der Waals surface area contributed by atoms with E-state index in [0.29, 0.717) is 6.04 Å². The molecule has 17 heavy (non-hydrogen) atoms. The number of aromatic nitrogens is 1. The Kier molecular flexibility index (Phi) is 3.00. The van der Waals surface area contributed by atoms with Crippen LogP contribution in [0, 0.1) is 13.8 Å². The van der Waals surface area contributed by atoms with Crippen molar-refractivity contribution in [3.05, 3.63) is 35.0 Å². The van der Waals surface area contributed by atoms with E-state index in [1.54, 1.807) is 0 Å². The lowest BCUT2D eigenvalue weighted by atomic mass is 10.0. The first kappa shape index (κ1) is 12.2. The Labute approximate surface area is 103 Å². The molecule has 0 saturated heterocycles. The molecule has 1 aromatic heterocycles. The molecule has 0 radical (unpaired) electrons. The maximum absolute atomic E-state index is 9.90. The summed E-state index contributed by atoms with van der Waals surface area (Å²) in [6.07, 6.45) is 1.67. The Morgan fingerprint density at radius 3 is 2.29 bits per heavy atom. The van der Waals surface area contributed by atoms with Gasteiger partial charge in [-0.1, -0.05) is 6.07 Å². The first-order chi connectivity index (χ1) is 7.91. The van der Waals surface area contributed by atoms with Crippen molar-refractivity contribution in [3.63, 3.8) is 0 Å². The number of benzene rings is 1. The van der Waals surface area contributed by atoms with Crippen molar-refractivity contribution in [1.29, 1.82) is 0 Å². The lowest BCUT2D eigenvalue weighted by Gasteiger charge is -2.10. The van der Waals surface area contributed by atoms with Crippen LogP contribution in [0.4, 0.5) is 0 Å². The molecule has 92 valence electrons. The largest absolute Gasteiger partial charge is 0.389 e. The van der Waals surface area contributed by atoms with Crippen LogP contribution in [-0.4, -0.2) is 9.67 Å². The average Bonchev–Trinajstić information content (AvgIpc) is 2.56. The molecule has 2 heteroatoms. The molecule has 0 bridgehead atoms. The van der Waals surface area contributed by atoms with Gasteiger partial charge in [-0.25, -0.2) is 0 Å². The fourth-order valence-corrected chi connectivity index (χ4v) is 2.55. The van der Waals surface area contributed by atoms with Gasteiger partial charge in [-0.05, 0) is 51.8 Å². The van der Waals surface area contributed by atoms with E-state index in [1.165, 1.54) is 22.0 Å². The van der Waals surface area contributed by atoms with Crippen molar-refractivity contribution in [1.82, 2.24) is 4.57 Å².